The van der Waals surface area contributed by atoms with Crippen LogP contribution in [0.4, 0.5) is 0 Å². The minimum absolute atomic E-state index is 0.227. The molecule has 1 aliphatic rings. The Morgan fingerprint density at radius 3 is 2.43 bits per heavy atom. The van der Waals surface area contributed by atoms with Crippen molar-refractivity contribution in [2.45, 2.75) is 6.17 Å². The first-order valence-corrected chi connectivity index (χ1v) is 7.11. The van der Waals surface area contributed by atoms with Gasteiger partial charge in [0.25, 0.3) is 0 Å². The van der Waals surface area contributed by atoms with Gasteiger partial charge >= 0.3 is 0 Å². The number of hydrogen-bond donors (Lipinski definition) is 1. The molecule has 0 spiro atoms. The average molecular weight is 318 g/mol. The topological polar surface area (TPSA) is 49.9 Å². The first kappa shape index (κ1) is 12.7. The molecule has 0 atom stereocenters. The second-order valence-electron chi connectivity index (χ2n) is 4.69. The summed E-state index contributed by atoms with van der Waals surface area (Å²) in [7, 11) is 0. The lowest BCUT2D eigenvalue weighted by molar-refractivity contribution is 0.666. The molecule has 2 aromatic carbocycles. The average Bonchev–Trinajstić information content (AvgIpc) is 2.83. The molecule has 4 rings (SSSR count). The van der Waals surface area contributed by atoms with Crippen molar-refractivity contribution in [3.05, 3.63) is 48.0 Å². The number of nitrogens with one attached hydrogen (secondary N) is 1. The monoisotopic (exact) mass is 317 g/mol. The third-order valence-corrected chi connectivity index (χ3v) is 3.76. The summed E-state index contributed by atoms with van der Waals surface area (Å²) >= 11 is 11.8. The Bertz CT molecular complexity index is 896. The molecule has 1 N–H and O–H groups in total. The number of hydrogen-bond acceptors (Lipinski definition) is 4. The first-order chi connectivity index (χ1) is 10.2. The first-order valence-electron chi connectivity index (χ1n) is 6.35. The Morgan fingerprint density at radius 1 is 0.905 bits per heavy atom. The van der Waals surface area contributed by atoms with Crippen LogP contribution in [0.1, 0.15) is 11.7 Å². The van der Waals surface area contributed by atoms with E-state index in [2.05, 4.69) is 15.3 Å². The molecule has 0 unspecified atom stereocenters. The summed E-state index contributed by atoms with van der Waals surface area (Å²) < 4.78 is 5.86. The number of para-hydroxylation sites is 1. The van der Waals surface area contributed by atoms with Gasteiger partial charge in [-0.15, -0.1) is 0 Å². The van der Waals surface area contributed by atoms with Crippen LogP contribution in [-0.4, -0.2) is 10.6 Å². The second kappa shape index (κ2) is 4.76. The number of furan rings is 1. The summed E-state index contributed by atoms with van der Waals surface area (Å²) in [5, 5.41) is 5.25. The zero-order valence-electron chi connectivity index (χ0n) is 10.7. The van der Waals surface area contributed by atoms with Gasteiger partial charge in [-0.25, -0.2) is 9.98 Å². The van der Waals surface area contributed by atoms with Crippen LogP contribution in [0, 0.1) is 0 Å². The highest BCUT2D eigenvalue weighted by atomic mass is 35.5. The number of amidine groups is 2. The molecule has 0 saturated carbocycles. The molecule has 0 fully saturated rings. The van der Waals surface area contributed by atoms with Crippen LogP contribution in [0.15, 0.2) is 56.9 Å². The van der Waals surface area contributed by atoms with Crippen LogP contribution in [-0.2, 0) is 0 Å². The van der Waals surface area contributed by atoms with Gasteiger partial charge in [-0.3, -0.25) is 0 Å². The lowest BCUT2D eigenvalue weighted by Crippen LogP contribution is -2.27. The molecule has 0 aliphatic carbocycles. The standard InChI is InChI=1S/C15H9Cl2N3O/c16-14-18-13(19-15(17)20-14)8-5-6-10-9-3-1-2-4-11(9)21-12(10)7-8/h1-7,13H,(H,18,19,20). The minimum Gasteiger partial charge on any atom is -0.456 e. The number of benzene rings is 2. The highest BCUT2D eigenvalue weighted by Crippen LogP contribution is 2.32. The normalized spacial score (nSPS) is 15.9. The van der Waals surface area contributed by atoms with E-state index in [0.717, 1.165) is 27.5 Å². The van der Waals surface area contributed by atoms with Gasteiger partial charge in [0.1, 0.15) is 11.2 Å². The van der Waals surface area contributed by atoms with E-state index in [4.69, 9.17) is 27.6 Å². The van der Waals surface area contributed by atoms with E-state index in [0.29, 0.717) is 0 Å². The molecule has 104 valence electrons. The summed E-state index contributed by atoms with van der Waals surface area (Å²) in [4.78, 5) is 8.44. The molecule has 0 amide bonds. The SMILES string of the molecule is ClC1=NC(c2ccc3c(c2)oc2ccccc23)N=C(Cl)N1. The molecule has 2 heterocycles. The highest BCUT2D eigenvalue weighted by Gasteiger charge is 2.17. The molecular formula is C15H9Cl2N3O. The van der Waals surface area contributed by atoms with Gasteiger partial charge in [-0.1, -0.05) is 30.3 Å². The van der Waals surface area contributed by atoms with Gasteiger partial charge in [0.05, 0.1) is 0 Å². The summed E-state index contributed by atoms with van der Waals surface area (Å²) in [6, 6.07) is 13.8. The Kier molecular flexibility index (Phi) is 2.87. The summed E-state index contributed by atoms with van der Waals surface area (Å²) in [5.41, 5.74) is 2.53. The van der Waals surface area contributed by atoms with Gasteiger partial charge in [0.15, 0.2) is 16.8 Å². The van der Waals surface area contributed by atoms with Crippen molar-refractivity contribution in [1.82, 2.24) is 5.32 Å². The lowest BCUT2D eigenvalue weighted by Gasteiger charge is -2.15. The van der Waals surface area contributed by atoms with Gasteiger partial charge in [-0.05, 0) is 35.3 Å². The maximum atomic E-state index is 5.89. The number of aliphatic imine (C=N–C) groups is 2. The smallest absolute Gasteiger partial charge is 0.200 e. The van der Waals surface area contributed by atoms with Crippen molar-refractivity contribution < 1.29 is 4.42 Å². The summed E-state index contributed by atoms with van der Waals surface area (Å²) in [6.45, 7) is 0. The quantitative estimate of drug-likeness (QED) is 0.677. The molecule has 21 heavy (non-hydrogen) atoms. The molecule has 1 aromatic heterocycles. The molecule has 3 aromatic rings. The maximum absolute atomic E-state index is 5.89. The minimum atomic E-state index is -0.455. The van der Waals surface area contributed by atoms with E-state index in [1.807, 2.05) is 42.5 Å². The molecular weight excluding hydrogens is 309 g/mol. The second-order valence-corrected chi connectivity index (χ2v) is 5.41. The number of halogens is 2. The molecule has 6 heteroatoms. The number of nitrogens with zero attached hydrogens (tertiary/aromatic N) is 2. The van der Waals surface area contributed by atoms with Crippen molar-refractivity contribution in [3.63, 3.8) is 0 Å². The van der Waals surface area contributed by atoms with Crippen molar-refractivity contribution in [2.75, 3.05) is 0 Å². The fourth-order valence-corrected chi connectivity index (χ4v) is 2.86. The van der Waals surface area contributed by atoms with Gasteiger partial charge in [-0.2, -0.15) is 0 Å². The van der Waals surface area contributed by atoms with E-state index in [1.165, 1.54) is 0 Å². The van der Waals surface area contributed by atoms with Crippen molar-refractivity contribution >= 4 is 55.7 Å². The Balaban J connectivity index is 1.87. The van der Waals surface area contributed by atoms with Crippen molar-refractivity contribution in [2.24, 2.45) is 9.98 Å². The van der Waals surface area contributed by atoms with Crippen LogP contribution < -0.4 is 5.32 Å². The van der Waals surface area contributed by atoms with Crippen molar-refractivity contribution in [1.29, 1.82) is 0 Å². The van der Waals surface area contributed by atoms with Crippen LogP contribution in [0.5, 0.6) is 0 Å². The largest absolute Gasteiger partial charge is 0.456 e. The van der Waals surface area contributed by atoms with Crippen molar-refractivity contribution in [3.8, 4) is 0 Å². The summed E-state index contributed by atoms with van der Waals surface area (Å²) in [6.07, 6.45) is -0.455. The van der Waals surface area contributed by atoms with E-state index >= 15 is 0 Å². The zero-order chi connectivity index (χ0) is 14.4. The highest BCUT2D eigenvalue weighted by molar-refractivity contribution is 6.73. The third kappa shape index (κ3) is 2.17. The van der Waals surface area contributed by atoms with Crippen LogP contribution in [0.3, 0.4) is 0 Å². The fraction of sp³-hybridized carbons (Fsp3) is 0.0667. The number of rotatable bonds is 1. The van der Waals surface area contributed by atoms with Gasteiger partial charge in [0, 0.05) is 16.3 Å². The van der Waals surface area contributed by atoms with Gasteiger partial charge in [0.2, 0.25) is 0 Å². The van der Waals surface area contributed by atoms with Crippen LogP contribution in [0.25, 0.3) is 21.9 Å². The zero-order valence-corrected chi connectivity index (χ0v) is 12.2. The molecule has 0 bridgehead atoms. The van der Waals surface area contributed by atoms with Crippen LogP contribution in [0.2, 0.25) is 0 Å². The number of fused-ring (bicyclic) bond motifs is 3. The predicted octanol–water partition coefficient (Wildman–Crippen LogP) is 4.38. The molecule has 4 nitrogen and oxygen atoms in total. The lowest BCUT2D eigenvalue weighted by atomic mass is 10.1. The molecule has 0 radical (unpaired) electrons. The fourth-order valence-electron chi connectivity index (χ4n) is 2.45. The van der Waals surface area contributed by atoms with E-state index in [1.54, 1.807) is 0 Å². The third-order valence-electron chi connectivity index (χ3n) is 3.38. The van der Waals surface area contributed by atoms with Crippen LogP contribution >= 0.6 is 23.2 Å². The predicted molar refractivity (Wildman–Crippen MR) is 86.2 cm³/mol. The Hall–Kier alpha value is -2.04. The van der Waals surface area contributed by atoms with E-state index < -0.39 is 6.17 Å². The molecule has 1 aliphatic heterocycles. The Labute approximate surface area is 130 Å². The van der Waals surface area contributed by atoms with Gasteiger partial charge < -0.3 is 9.73 Å². The molecule has 0 saturated heterocycles. The van der Waals surface area contributed by atoms with E-state index in [-0.39, 0.29) is 10.6 Å². The summed E-state index contributed by atoms with van der Waals surface area (Å²) in [5.74, 6) is 0. The maximum Gasteiger partial charge on any atom is 0.200 e. The Morgan fingerprint density at radius 2 is 1.62 bits per heavy atom. The van der Waals surface area contributed by atoms with E-state index in [9.17, 15) is 0 Å².